The van der Waals surface area contributed by atoms with E-state index in [4.69, 9.17) is 0 Å². The minimum atomic E-state index is 0.825. The molecule has 0 aliphatic carbocycles. The van der Waals surface area contributed by atoms with Gasteiger partial charge in [-0.25, -0.2) is 0 Å². The first-order valence-electron chi connectivity index (χ1n) is 3.44. The molecule has 11 heavy (non-hydrogen) atoms. The van der Waals surface area contributed by atoms with E-state index < -0.39 is 0 Å². The first-order valence-corrected chi connectivity index (χ1v) is 3.44. The second-order valence-corrected chi connectivity index (χ2v) is 2.00. The molecule has 1 aromatic heterocycles. The smallest absolute Gasteiger partial charge is 0.0882 e. The van der Waals surface area contributed by atoms with Gasteiger partial charge in [-0.15, -0.1) is 0 Å². The molecule has 0 unspecified atom stereocenters. The number of pyridine rings is 1. The van der Waals surface area contributed by atoms with E-state index in [-0.39, 0.29) is 0 Å². The fourth-order valence-corrected chi connectivity index (χ4v) is 0.815. The van der Waals surface area contributed by atoms with Crippen molar-refractivity contribution in [2.24, 2.45) is 4.99 Å². The Kier molecular flexibility index (Phi) is 2.55. The van der Waals surface area contributed by atoms with Crippen molar-refractivity contribution >= 4 is 18.0 Å². The highest BCUT2D eigenvalue weighted by molar-refractivity contribution is 5.66. The third-order valence-electron chi connectivity index (χ3n) is 1.28. The van der Waals surface area contributed by atoms with Crippen LogP contribution in [0.1, 0.15) is 12.6 Å². The van der Waals surface area contributed by atoms with Gasteiger partial charge in [-0.05, 0) is 25.1 Å². The average Bonchev–Trinajstić information content (AvgIpc) is 2.06. The van der Waals surface area contributed by atoms with Gasteiger partial charge in [0.25, 0.3) is 0 Å². The van der Waals surface area contributed by atoms with Gasteiger partial charge in [0, 0.05) is 12.4 Å². The predicted molar refractivity (Wildman–Crippen MR) is 48.2 cm³/mol. The molecule has 0 aliphatic heterocycles. The van der Waals surface area contributed by atoms with E-state index in [1.807, 2.05) is 19.1 Å². The summed E-state index contributed by atoms with van der Waals surface area (Å²) in [6.45, 7) is 5.51. The van der Waals surface area contributed by atoms with Crippen molar-refractivity contribution in [2.75, 3.05) is 0 Å². The number of nitrogens with zero attached hydrogens (tertiary/aromatic N) is 2. The lowest BCUT2D eigenvalue weighted by Crippen LogP contribution is -1.78. The maximum atomic E-state index is 4.12. The van der Waals surface area contributed by atoms with E-state index >= 15 is 0 Å². The van der Waals surface area contributed by atoms with Crippen molar-refractivity contribution in [3.8, 4) is 0 Å². The summed E-state index contributed by atoms with van der Waals surface area (Å²) in [6.07, 6.45) is 5.16. The average molecular weight is 146 g/mol. The summed E-state index contributed by atoms with van der Waals surface area (Å²) in [5.74, 6) is 0. The molecule has 0 spiro atoms. The second-order valence-electron chi connectivity index (χ2n) is 2.00. The number of hydrogen-bond acceptors (Lipinski definition) is 2. The Morgan fingerprint density at radius 2 is 2.45 bits per heavy atom. The van der Waals surface area contributed by atoms with Gasteiger partial charge in [-0.3, -0.25) is 9.98 Å². The topological polar surface area (TPSA) is 25.2 Å². The molecule has 0 atom stereocenters. The summed E-state index contributed by atoms with van der Waals surface area (Å²) in [5, 5.41) is 0. The molecule has 0 saturated heterocycles. The van der Waals surface area contributed by atoms with Crippen molar-refractivity contribution in [3.05, 3.63) is 30.6 Å². The number of rotatable bonds is 2. The highest BCUT2D eigenvalue weighted by Crippen LogP contribution is 2.15. The van der Waals surface area contributed by atoms with Crippen LogP contribution in [0.5, 0.6) is 0 Å². The molecule has 2 heteroatoms. The number of aromatic nitrogens is 1. The van der Waals surface area contributed by atoms with Crippen LogP contribution < -0.4 is 0 Å². The molecule has 0 fully saturated rings. The minimum Gasteiger partial charge on any atom is -0.259 e. The molecule has 0 radical (unpaired) electrons. The summed E-state index contributed by atoms with van der Waals surface area (Å²) in [7, 11) is 0. The van der Waals surface area contributed by atoms with Crippen molar-refractivity contribution in [2.45, 2.75) is 6.92 Å². The molecule has 0 aliphatic rings. The van der Waals surface area contributed by atoms with Crippen molar-refractivity contribution in [3.63, 3.8) is 0 Å². The lowest BCUT2D eigenvalue weighted by Gasteiger charge is -1.95. The van der Waals surface area contributed by atoms with Gasteiger partial charge in [0.15, 0.2) is 0 Å². The van der Waals surface area contributed by atoms with Crippen LogP contribution in [0.25, 0.3) is 6.08 Å². The van der Waals surface area contributed by atoms with E-state index in [1.165, 1.54) is 0 Å². The van der Waals surface area contributed by atoms with Crippen LogP contribution in [-0.4, -0.2) is 11.2 Å². The van der Waals surface area contributed by atoms with E-state index in [0.717, 1.165) is 11.4 Å². The zero-order valence-electron chi connectivity index (χ0n) is 6.49. The maximum Gasteiger partial charge on any atom is 0.0882 e. The summed E-state index contributed by atoms with van der Waals surface area (Å²) in [4.78, 5) is 8.20. The van der Waals surface area contributed by atoms with E-state index in [0.29, 0.717) is 0 Å². The molecule has 0 amide bonds. The first-order chi connectivity index (χ1) is 5.38. The molecule has 1 rings (SSSR count). The number of hydrogen-bond donors (Lipinski definition) is 0. The molecule has 2 nitrogen and oxygen atoms in total. The Balaban J connectivity index is 3.11. The highest BCUT2D eigenvalue weighted by Gasteiger charge is 1.93. The van der Waals surface area contributed by atoms with Gasteiger partial charge in [-0.2, -0.15) is 0 Å². The standard InChI is InChI=1S/C9H10N2/c1-3-8-9(10-4-2)6-5-7-11-8/h3-7H,1H2,2H3/b10-4-. The molecule has 0 saturated carbocycles. The normalized spacial score (nSPS) is 10.3. The fraction of sp³-hybridized carbons (Fsp3) is 0.111. The van der Waals surface area contributed by atoms with E-state index in [2.05, 4.69) is 16.6 Å². The molecule has 1 heterocycles. The van der Waals surface area contributed by atoms with Crippen LogP contribution in [0.4, 0.5) is 5.69 Å². The Bertz CT molecular complexity index is 277. The monoisotopic (exact) mass is 146 g/mol. The maximum absolute atomic E-state index is 4.12. The molecule has 56 valence electrons. The zero-order chi connectivity index (χ0) is 8.10. The molecule has 0 aromatic carbocycles. The lowest BCUT2D eigenvalue weighted by molar-refractivity contribution is 1.28. The summed E-state index contributed by atoms with van der Waals surface area (Å²) in [5.41, 5.74) is 1.69. The third-order valence-corrected chi connectivity index (χ3v) is 1.28. The fourth-order valence-electron chi connectivity index (χ4n) is 0.815. The van der Waals surface area contributed by atoms with Crippen molar-refractivity contribution in [1.29, 1.82) is 0 Å². The Hall–Kier alpha value is -1.44. The minimum absolute atomic E-state index is 0.825. The molecule has 1 aromatic rings. The Labute approximate surface area is 66.3 Å². The van der Waals surface area contributed by atoms with Gasteiger partial charge in [0.1, 0.15) is 0 Å². The van der Waals surface area contributed by atoms with Gasteiger partial charge in [-0.1, -0.05) is 6.58 Å². The first kappa shape index (κ1) is 7.66. The van der Waals surface area contributed by atoms with Crippen molar-refractivity contribution in [1.82, 2.24) is 4.98 Å². The van der Waals surface area contributed by atoms with Gasteiger partial charge in [0.2, 0.25) is 0 Å². The lowest BCUT2D eigenvalue weighted by atomic mass is 10.3. The van der Waals surface area contributed by atoms with Crippen LogP contribution in [0, 0.1) is 0 Å². The summed E-state index contributed by atoms with van der Waals surface area (Å²) >= 11 is 0. The van der Waals surface area contributed by atoms with Crippen LogP contribution in [0.3, 0.4) is 0 Å². The quantitative estimate of drug-likeness (QED) is 0.588. The van der Waals surface area contributed by atoms with Crippen LogP contribution >= 0.6 is 0 Å². The molecule has 0 N–H and O–H groups in total. The van der Waals surface area contributed by atoms with Crippen LogP contribution in [-0.2, 0) is 0 Å². The molecule has 0 bridgehead atoms. The van der Waals surface area contributed by atoms with Crippen molar-refractivity contribution < 1.29 is 0 Å². The SMILES string of the molecule is C=Cc1ncccc1/N=C\C. The third kappa shape index (κ3) is 1.74. The summed E-state index contributed by atoms with van der Waals surface area (Å²) < 4.78 is 0. The van der Waals surface area contributed by atoms with Gasteiger partial charge < -0.3 is 0 Å². The van der Waals surface area contributed by atoms with Crippen LogP contribution in [0.15, 0.2) is 29.9 Å². The molecular weight excluding hydrogens is 136 g/mol. The largest absolute Gasteiger partial charge is 0.259 e. The van der Waals surface area contributed by atoms with E-state index in [9.17, 15) is 0 Å². The second kappa shape index (κ2) is 3.66. The Morgan fingerprint density at radius 1 is 1.64 bits per heavy atom. The van der Waals surface area contributed by atoms with Gasteiger partial charge in [0.05, 0.1) is 11.4 Å². The number of aliphatic imine (C=N–C) groups is 1. The summed E-state index contributed by atoms with van der Waals surface area (Å²) in [6, 6.07) is 3.76. The Morgan fingerprint density at radius 3 is 3.09 bits per heavy atom. The van der Waals surface area contributed by atoms with E-state index in [1.54, 1.807) is 18.5 Å². The van der Waals surface area contributed by atoms with Gasteiger partial charge >= 0.3 is 0 Å². The predicted octanol–water partition coefficient (Wildman–Crippen LogP) is 2.45. The zero-order valence-corrected chi connectivity index (χ0v) is 6.49. The van der Waals surface area contributed by atoms with Crippen LogP contribution in [0.2, 0.25) is 0 Å². The highest BCUT2D eigenvalue weighted by atomic mass is 14.8. The molecular formula is C9H10N2.